The van der Waals surface area contributed by atoms with Crippen LogP contribution in [-0.4, -0.2) is 74.8 Å². The number of likely N-dealkylation sites (N-methyl/N-ethyl adjacent to an activating group) is 1. The Morgan fingerprint density at radius 2 is 1.87 bits per heavy atom. The number of rotatable bonds is 7. The Morgan fingerprint density at radius 1 is 1.00 bits per heavy atom. The average molecular weight is 522 g/mol. The van der Waals surface area contributed by atoms with Gasteiger partial charge in [-0.15, -0.1) is 0 Å². The van der Waals surface area contributed by atoms with Crippen LogP contribution in [0.15, 0.2) is 48.9 Å². The zero-order chi connectivity index (χ0) is 26.2. The first-order chi connectivity index (χ1) is 19.2. The summed E-state index contributed by atoms with van der Waals surface area (Å²) < 4.78 is 0. The van der Waals surface area contributed by atoms with Gasteiger partial charge in [-0.1, -0.05) is 12.8 Å². The fraction of sp³-hybridized carbons (Fsp3) is 0.400. The van der Waals surface area contributed by atoms with Crippen LogP contribution in [0.5, 0.6) is 0 Å². The number of nitrogens with zero attached hydrogens (tertiary/aromatic N) is 6. The van der Waals surface area contributed by atoms with E-state index in [2.05, 4.69) is 60.5 Å². The highest BCUT2D eigenvalue weighted by Crippen LogP contribution is 2.33. The van der Waals surface area contributed by atoms with Gasteiger partial charge in [-0.2, -0.15) is 5.10 Å². The molecule has 7 rings (SSSR count). The Morgan fingerprint density at radius 3 is 2.74 bits per heavy atom. The van der Waals surface area contributed by atoms with E-state index >= 15 is 0 Å². The molecule has 5 aromatic heterocycles. The second-order valence-electron chi connectivity index (χ2n) is 11.1. The fourth-order valence-corrected chi connectivity index (χ4v) is 6.04. The molecule has 0 amide bonds. The summed E-state index contributed by atoms with van der Waals surface area (Å²) >= 11 is 0. The van der Waals surface area contributed by atoms with Crippen LogP contribution in [0.3, 0.4) is 0 Å². The fourth-order valence-electron chi connectivity index (χ4n) is 6.04. The van der Waals surface area contributed by atoms with Crippen LogP contribution in [0.2, 0.25) is 0 Å². The molecule has 0 atom stereocenters. The van der Waals surface area contributed by atoms with E-state index in [1.165, 1.54) is 31.2 Å². The van der Waals surface area contributed by atoms with Crippen molar-refractivity contribution in [2.24, 2.45) is 5.92 Å². The third-order valence-corrected chi connectivity index (χ3v) is 8.32. The second kappa shape index (κ2) is 10.4. The van der Waals surface area contributed by atoms with E-state index in [0.29, 0.717) is 0 Å². The molecule has 2 aliphatic rings. The molecule has 1 saturated heterocycles. The van der Waals surface area contributed by atoms with Gasteiger partial charge in [0, 0.05) is 62.3 Å². The van der Waals surface area contributed by atoms with Gasteiger partial charge in [0.05, 0.1) is 22.4 Å². The molecule has 5 aromatic rings. The van der Waals surface area contributed by atoms with Gasteiger partial charge in [-0.25, -0.2) is 9.97 Å². The maximum Gasteiger partial charge on any atom is 0.138 e. The highest BCUT2D eigenvalue weighted by atomic mass is 15.3. The minimum atomic E-state index is 0.815. The normalized spacial score (nSPS) is 17.1. The lowest BCUT2D eigenvalue weighted by molar-refractivity contribution is 0.312. The summed E-state index contributed by atoms with van der Waals surface area (Å²) in [5, 5.41) is 12.6. The number of anilines is 1. The molecule has 200 valence electrons. The van der Waals surface area contributed by atoms with E-state index in [1.807, 2.05) is 30.7 Å². The summed E-state index contributed by atoms with van der Waals surface area (Å²) in [5.74, 6) is 1.85. The molecule has 0 radical (unpaired) electrons. The summed E-state index contributed by atoms with van der Waals surface area (Å²) in [6.07, 6.45) is 11.2. The molecular weight excluding hydrogens is 486 g/mol. The first kappa shape index (κ1) is 24.2. The third-order valence-electron chi connectivity index (χ3n) is 8.32. The van der Waals surface area contributed by atoms with Gasteiger partial charge < -0.3 is 20.1 Å². The molecule has 0 aromatic carbocycles. The molecule has 0 spiro atoms. The van der Waals surface area contributed by atoms with Crippen molar-refractivity contribution < 1.29 is 0 Å². The van der Waals surface area contributed by atoms with Crippen molar-refractivity contribution in [3.63, 3.8) is 0 Å². The number of hydrogen-bond acceptors (Lipinski definition) is 7. The Bertz CT molecular complexity index is 1590. The minimum absolute atomic E-state index is 0.815. The number of H-pyrrole nitrogens is 2. The van der Waals surface area contributed by atoms with Crippen molar-refractivity contribution in [3.05, 3.63) is 54.5 Å². The number of aromatic nitrogens is 6. The number of hydrogen-bond donors (Lipinski definition) is 3. The number of pyridine rings is 3. The maximum atomic E-state index is 5.05. The Balaban J connectivity index is 1.17. The monoisotopic (exact) mass is 521 g/mol. The Kier molecular flexibility index (Phi) is 6.46. The van der Waals surface area contributed by atoms with Crippen molar-refractivity contribution in [2.45, 2.75) is 32.2 Å². The smallest absolute Gasteiger partial charge is 0.138 e. The van der Waals surface area contributed by atoms with Crippen LogP contribution >= 0.6 is 0 Å². The van der Waals surface area contributed by atoms with Gasteiger partial charge in [-0.3, -0.25) is 10.1 Å². The lowest BCUT2D eigenvalue weighted by Crippen LogP contribution is -2.44. The van der Waals surface area contributed by atoms with Crippen molar-refractivity contribution in [3.8, 4) is 22.6 Å². The standard InChI is InChI=1S/C30H35N9/c1-38-10-12-39(13-11-38)30-23-15-27(34-25(23)8-9-33-30)29-28-26(36-37-29)7-6-24(35-28)22-14-21(18-32-19-22)17-31-16-20-4-2-3-5-20/h6-9,14-15,18-20,31,34H,2-5,10-13,16-17H2,1H3,(H,36,37). The third kappa shape index (κ3) is 4.88. The van der Waals surface area contributed by atoms with E-state index in [4.69, 9.17) is 9.97 Å². The largest absolute Gasteiger partial charge is 0.353 e. The van der Waals surface area contributed by atoms with Crippen molar-refractivity contribution >= 4 is 27.8 Å². The van der Waals surface area contributed by atoms with Crippen LogP contribution in [0.25, 0.3) is 44.6 Å². The molecule has 3 N–H and O–H groups in total. The van der Waals surface area contributed by atoms with Crippen LogP contribution in [0, 0.1) is 5.92 Å². The van der Waals surface area contributed by atoms with Gasteiger partial charge in [-0.05, 0) is 68.2 Å². The van der Waals surface area contributed by atoms with E-state index < -0.39 is 0 Å². The first-order valence-electron chi connectivity index (χ1n) is 14.1. The summed E-state index contributed by atoms with van der Waals surface area (Å²) in [6, 6.07) is 10.5. The molecule has 1 aliphatic carbocycles. The van der Waals surface area contributed by atoms with Gasteiger partial charge in [0.2, 0.25) is 0 Å². The topological polar surface area (TPSA) is 102 Å². The summed E-state index contributed by atoms with van der Waals surface area (Å²) in [5.41, 5.74) is 7.66. The van der Waals surface area contributed by atoms with E-state index in [0.717, 1.165) is 95.6 Å². The Hall–Kier alpha value is -3.82. The summed E-state index contributed by atoms with van der Waals surface area (Å²) in [7, 11) is 2.17. The predicted molar refractivity (Wildman–Crippen MR) is 156 cm³/mol. The average Bonchev–Trinajstić information content (AvgIpc) is 3.73. The Labute approximate surface area is 228 Å². The second-order valence-corrected chi connectivity index (χ2v) is 11.1. The SMILES string of the molecule is CN1CCN(c2nccc3[nH]c(-c4n[nH]c5ccc(-c6cncc(CNCC7CCCC7)c6)nc45)cc23)CC1. The highest BCUT2D eigenvalue weighted by molar-refractivity contribution is 5.98. The predicted octanol–water partition coefficient (Wildman–Crippen LogP) is 4.59. The van der Waals surface area contributed by atoms with Gasteiger partial charge in [0.25, 0.3) is 0 Å². The van der Waals surface area contributed by atoms with Crippen LogP contribution in [0.4, 0.5) is 5.82 Å². The number of piperazine rings is 1. The molecule has 6 heterocycles. The molecule has 9 nitrogen and oxygen atoms in total. The van der Waals surface area contributed by atoms with E-state index in [1.54, 1.807) is 0 Å². The summed E-state index contributed by atoms with van der Waals surface area (Å²) in [4.78, 5) is 22.6. The molecular formula is C30H35N9. The quantitative estimate of drug-likeness (QED) is 0.288. The number of aromatic amines is 2. The zero-order valence-corrected chi connectivity index (χ0v) is 22.5. The van der Waals surface area contributed by atoms with Gasteiger partial charge in [0.1, 0.15) is 17.0 Å². The number of fused-ring (bicyclic) bond motifs is 2. The minimum Gasteiger partial charge on any atom is -0.353 e. The molecule has 0 bridgehead atoms. The van der Waals surface area contributed by atoms with Gasteiger partial charge >= 0.3 is 0 Å². The van der Waals surface area contributed by atoms with E-state index in [-0.39, 0.29) is 0 Å². The number of nitrogens with one attached hydrogen (secondary N) is 3. The lowest BCUT2D eigenvalue weighted by Gasteiger charge is -2.33. The maximum absolute atomic E-state index is 5.05. The van der Waals surface area contributed by atoms with Crippen LogP contribution in [-0.2, 0) is 6.54 Å². The van der Waals surface area contributed by atoms with Gasteiger partial charge in [0.15, 0.2) is 0 Å². The molecule has 1 saturated carbocycles. The van der Waals surface area contributed by atoms with Crippen molar-refractivity contribution in [2.75, 3.05) is 44.7 Å². The molecule has 1 aliphatic heterocycles. The lowest BCUT2D eigenvalue weighted by atomic mass is 10.1. The zero-order valence-electron chi connectivity index (χ0n) is 22.5. The van der Waals surface area contributed by atoms with E-state index in [9.17, 15) is 0 Å². The van der Waals surface area contributed by atoms with Crippen LogP contribution in [0.1, 0.15) is 31.2 Å². The summed E-state index contributed by atoms with van der Waals surface area (Å²) in [6.45, 7) is 5.95. The molecule has 0 unspecified atom stereocenters. The molecule has 2 fully saturated rings. The van der Waals surface area contributed by atoms with Crippen molar-refractivity contribution in [1.82, 2.24) is 40.3 Å². The first-order valence-corrected chi connectivity index (χ1v) is 14.1. The van der Waals surface area contributed by atoms with Crippen molar-refractivity contribution in [1.29, 1.82) is 0 Å². The van der Waals surface area contributed by atoms with Crippen LogP contribution < -0.4 is 10.2 Å². The molecule has 39 heavy (non-hydrogen) atoms. The molecule has 9 heteroatoms. The highest BCUT2D eigenvalue weighted by Gasteiger charge is 2.20.